The van der Waals surface area contributed by atoms with E-state index in [4.69, 9.17) is 23.7 Å². The van der Waals surface area contributed by atoms with E-state index >= 15 is 0 Å². The lowest BCUT2D eigenvalue weighted by Crippen LogP contribution is -2.59. The number of carbonyl (C=O) groups is 4. The van der Waals surface area contributed by atoms with Crippen LogP contribution in [-0.2, 0) is 55.8 Å². The molecule has 176 valence electrons. The summed E-state index contributed by atoms with van der Waals surface area (Å²) in [4.78, 5) is 48.3. The summed E-state index contributed by atoms with van der Waals surface area (Å²) >= 11 is 0. The van der Waals surface area contributed by atoms with Crippen LogP contribution >= 0.6 is 0 Å². The van der Waals surface area contributed by atoms with Crippen LogP contribution in [0.2, 0.25) is 0 Å². The second-order valence-corrected chi connectivity index (χ2v) is 7.42. The Morgan fingerprint density at radius 1 is 0.969 bits per heavy atom. The van der Waals surface area contributed by atoms with Gasteiger partial charge in [0.25, 0.3) is 0 Å². The molecule has 0 radical (unpaired) electrons. The normalized spacial score (nSPS) is 24.8. The summed E-state index contributed by atoms with van der Waals surface area (Å²) in [6, 6.07) is 7.32. The highest BCUT2D eigenvalue weighted by atomic mass is 16.7. The third-order valence-electron chi connectivity index (χ3n) is 4.97. The van der Waals surface area contributed by atoms with E-state index in [0.717, 1.165) is 18.1 Å². The average Bonchev–Trinajstić information content (AvgIpc) is 2.73. The van der Waals surface area contributed by atoms with Crippen molar-refractivity contribution in [3.05, 3.63) is 35.4 Å². The monoisotopic (exact) mass is 451 g/mol. The van der Waals surface area contributed by atoms with Gasteiger partial charge in [-0.1, -0.05) is 31.2 Å². The van der Waals surface area contributed by atoms with Crippen LogP contribution in [0.5, 0.6) is 0 Å². The van der Waals surface area contributed by atoms with Crippen molar-refractivity contribution in [1.82, 2.24) is 5.32 Å². The lowest BCUT2D eigenvalue weighted by atomic mass is 9.90. The number of esters is 4. The van der Waals surface area contributed by atoms with Gasteiger partial charge in [0.05, 0.1) is 13.5 Å². The summed E-state index contributed by atoms with van der Waals surface area (Å²) in [7, 11) is 2.97. The fourth-order valence-corrected chi connectivity index (χ4v) is 3.55. The molecule has 1 aliphatic rings. The fourth-order valence-electron chi connectivity index (χ4n) is 3.55. The average molecular weight is 451 g/mol. The molecule has 2 rings (SSSR count). The van der Waals surface area contributed by atoms with E-state index < -0.39 is 54.4 Å². The summed E-state index contributed by atoms with van der Waals surface area (Å²) in [5.74, 6) is -3.50. The van der Waals surface area contributed by atoms with E-state index in [1.54, 1.807) is 26.1 Å². The number of nitrogens with one attached hydrogen (secondary N) is 1. The first-order chi connectivity index (χ1) is 15.2. The Labute approximate surface area is 186 Å². The van der Waals surface area contributed by atoms with Gasteiger partial charge < -0.3 is 29.0 Å². The minimum atomic E-state index is -1.48. The topological polar surface area (TPSA) is 126 Å². The molecule has 1 fully saturated rings. The predicted molar refractivity (Wildman–Crippen MR) is 110 cm³/mol. The summed E-state index contributed by atoms with van der Waals surface area (Å²) in [6.07, 6.45) is -5.12. The van der Waals surface area contributed by atoms with Crippen LogP contribution in [0.15, 0.2) is 24.3 Å². The number of methoxy groups -OCH3 is 1. The van der Waals surface area contributed by atoms with E-state index in [1.165, 1.54) is 14.0 Å². The van der Waals surface area contributed by atoms with Gasteiger partial charge in [-0.3, -0.25) is 14.4 Å². The van der Waals surface area contributed by atoms with Gasteiger partial charge in [0.2, 0.25) is 12.4 Å². The van der Waals surface area contributed by atoms with Gasteiger partial charge in [-0.2, -0.15) is 0 Å². The van der Waals surface area contributed by atoms with Gasteiger partial charge in [-0.15, -0.1) is 0 Å². The molecule has 0 aromatic heterocycles. The molecule has 32 heavy (non-hydrogen) atoms. The van der Waals surface area contributed by atoms with Crippen LogP contribution in [0.1, 0.15) is 31.9 Å². The van der Waals surface area contributed by atoms with E-state index in [0.29, 0.717) is 6.54 Å². The van der Waals surface area contributed by atoms with Gasteiger partial charge in [-0.05, 0) is 18.2 Å². The Bertz CT molecular complexity index is 840. The fraction of sp³-hybridized carbons (Fsp3) is 0.545. The minimum Gasteiger partial charge on any atom is -0.467 e. The number of ether oxygens (including phenoxy) is 5. The zero-order valence-electron chi connectivity index (χ0n) is 18.8. The van der Waals surface area contributed by atoms with Gasteiger partial charge >= 0.3 is 23.9 Å². The highest BCUT2D eigenvalue weighted by Crippen LogP contribution is 2.32. The van der Waals surface area contributed by atoms with Crippen LogP contribution in [0.25, 0.3) is 0 Å². The van der Waals surface area contributed by atoms with Crippen molar-refractivity contribution in [3.8, 4) is 0 Å². The van der Waals surface area contributed by atoms with E-state index in [-0.39, 0.29) is 6.42 Å². The van der Waals surface area contributed by atoms with Crippen molar-refractivity contribution >= 4 is 23.9 Å². The van der Waals surface area contributed by atoms with Crippen molar-refractivity contribution in [1.29, 1.82) is 0 Å². The van der Waals surface area contributed by atoms with Crippen molar-refractivity contribution in [3.63, 3.8) is 0 Å². The van der Waals surface area contributed by atoms with Crippen LogP contribution in [0.4, 0.5) is 0 Å². The minimum absolute atomic E-state index is 0.0822. The number of hydrogen-bond acceptors (Lipinski definition) is 10. The van der Waals surface area contributed by atoms with Gasteiger partial charge in [-0.25, -0.2) is 4.79 Å². The van der Waals surface area contributed by atoms with Gasteiger partial charge in [0, 0.05) is 26.3 Å². The second kappa shape index (κ2) is 11.6. The molecule has 0 spiro atoms. The van der Waals surface area contributed by atoms with Crippen molar-refractivity contribution in [2.24, 2.45) is 5.92 Å². The Morgan fingerprint density at radius 2 is 1.56 bits per heavy atom. The summed E-state index contributed by atoms with van der Waals surface area (Å²) < 4.78 is 26.5. The van der Waals surface area contributed by atoms with Gasteiger partial charge in [0.1, 0.15) is 0 Å². The molecule has 0 aliphatic carbocycles. The second-order valence-electron chi connectivity index (χ2n) is 7.42. The smallest absolute Gasteiger partial charge is 0.335 e. The van der Waals surface area contributed by atoms with Crippen LogP contribution in [0.3, 0.4) is 0 Å². The summed E-state index contributed by atoms with van der Waals surface area (Å²) in [5, 5.41) is 3.03. The van der Waals surface area contributed by atoms with Crippen molar-refractivity contribution in [2.75, 3.05) is 14.2 Å². The zero-order valence-corrected chi connectivity index (χ0v) is 18.8. The van der Waals surface area contributed by atoms with E-state index in [9.17, 15) is 19.2 Å². The maximum Gasteiger partial charge on any atom is 0.335 e. The van der Waals surface area contributed by atoms with Crippen molar-refractivity contribution in [2.45, 2.75) is 58.3 Å². The number of carbonyl (C=O) groups excluding carboxylic acids is 4. The molecular weight excluding hydrogens is 422 g/mol. The Kier molecular flexibility index (Phi) is 9.15. The summed E-state index contributed by atoms with van der Waals surface area (Å²) in [5.41, 5.74) is 1.65. The number of hydrogen-bond donors (Lipinski definition) is 1. The van der Waals surface area contributed by atoms with Gasteiger partial charge in [0.15, 0.2) is 12.2 Å². The lowest BCUT2D eigenvalue weighted by Gasteiger charge is -2.42. The molecule has 1 aromatic carbocycles. The molecule has 10 nitrogen and oxygen atoms in total. The largest absolute Gasteiger partial charge is 0.467 e. The molecule has 0 unspecified atom stereocenters. The summed E-state index contributed by atoms with van der Waals surface area (Å²) in [6.45, 7) is 4.47. The molecule has 1 N–H and O–H groups in total. The molecule has 0 saturated carbocycles. The molecule has 1 saturated heterocycles. The number of rotatable bonds is 8. The molecule has 0 amide bonds. The Balaban J connectivity index is 2.29. The zero-order chi connectivity index (χ0) is 23.8. The van der Waals surface area contributed by atoms with Crippen LogP contribution < -0.4 is 5.32 Å². The first-order valence-electron chi connectivity index (χ1n) is 10.2. The third-order valence-corrected chi connectivity index (χ3v) is 4.97. The molecule has 1 aromatic rings. The lowest BCUT2D eigenvalue weighted by molar-refractivity contribution is -0.281. The highest BCUT2D eigenvalue weighted by Gasteiger charge is 2.52. The maximum atomic E-state index is 12.7. The number of benzene rings is 1. The SMILES string of the molecule is CNCc1ccccc1CC(=O)O[C@@H]1O[C@H](C(=O)OC)[C@@H](C)[C@H](OC(C)=O)[C@H]1OC(C)=O. The Morgan fingerprint density at radius 3 is 2.12 bits per heavy atom. The first-order valence-corrected chi connectivity index (χ1v) is 10.2. The first kappa shape index (κ1) is 25.3. The predicted octanol–water partition coefficient (Wildman–Crippen LogP) is 0.889. The quantitative estimate of drug-likeness (QED) is 0.450. The maximum absolute atomic E-state index is 12.7. The highest BCUT2D eigenvalue weighted by molar-refractivity contribution is 5.76. The standard InChI is InChI=1S/C22H29NO9/c1-12-18(29-13(2)24)20(30-14(3)25)22(32-19(12)21(27)28-5)31-17(26)10-15-8-6-7-9-16(15)11-23-4/h6-9,12,18-20,22-23H,10-11H2,1-5H3/t12-,18-,19-,20+,22+/m0/s1. The van der Waals surface area contributed by atoms with Crippen molar-refractivity contribution < 1.29 is 42.9 Å². The molecule has 1 heterocycles. The van der Waals surface area contributed by atoms with E-state index in [2.05, 4.69) is 5.32 Å². The van der Waals surface area contributed by atoms with E-state index in [1.807, 2.05) is 12.1 Å². The molecule has 1 aliphatic heterocycles. The molecule has 0 bridgehead atoms. The van der Waals surface area contributed by atoms with Crippen LogP contribution in [-0.4, -0.2) is 62.6 Å². The molecule has 10 heteroatoms. The third kappa shape index (κ3) is 6.51. The molecule has 5 atom stereocenters. The Hall–Kier alpha value is -2.98. The molecular formula is C22H29NO9. The van der Waals surface area contributed by atoms with Crippen LogP contribution in [0, 0.1) is 5.92 Å².